The van der Waals surface area contributed by atoms with Gasteiger partial charge in [-0.25, -0.2) is 5.43 Å². The number of nitrogens with one attached hydrogen (secondary N) is 3. The molecule has 590 valence electrons. The largest absolute Gasteiger partial charge is 0.495 e. The summed E-state index contributed by atoms with van der Waals surface area (Å²) in [6.07, 6.45) is -13.1. The lowest BCUT2D eigenvalue weighted by atomic mass is 9.78. The van der Waals surface area contributed by atoms with Crippen molar-refractivity contribution in [2.75, 3.05) is 53.4 Å². The quantitative estimate of drug-likeness (QED) is 0.0124. The van der Waals surface area contributed by atoms with E-state index in [0.29, 0.717) is 46.6 Å². The Morgan fingerprint density at radius 3 is 2.24 bits per heavy atom. The van der Waals surface area contributed by atoms with E-state index in [1.807, 2.05) is 55.5 Å². The molecule has 0 spiro atoms. The maximum Gasteiger partial charge on any atom is 0.250 e. The summed E-state index contributed by atoms with van der Waals surface area (Å²) in [4.78, 5) is 88.0. The van der Waals surface area contributed by atoms with Gasteiger partial charge in [0.25, 0.3) is 0 Å². The fraction of sp³-hybridized carbons (Fsp3) is 0.630. The van der Waals surface area contributed by atoms with Crippen molar-refractivity contribution in [3.05, 3.63) is 85.2 Å². The molecular weight excluding hydrogens is 1570 g/mol. The molecule has 2 aromatic carbocycles. The Balaban J connectivity index is 0.950. The van der Waals surface area contributed by atoms with Crippen molar-refractivity contribution in [1.82, 2.24) is 21.1 Å². The number of carbonyl (C=O) groups excluding carboxylic acids is 6. The predicted molar refractivity (Wildman–Crippen MR) is 400 cm³/mol. The molecule has 2 bridgehead atoms. The number of hydroxylamine groups is 1. The molecule has 0 aromatic heterocycles. The zero-order valence-electron chi connectivity index (χ0n) is 61.9. The minimum atomic E-state index is -2.12. The monoisotopic (exact) mass is 1670 g/mol. The van der Waals surface area contributed by atoms with Crippen LogP contribution in [0.4, 0.5) is 0 Å². The van der Waals surface area contributed by atoms with Gasteiger partial charge in [0.05, 0.1) is 107 Å². The number of nitrogens with zero attached hydrogens (tertiary/aromatic N) is 2. The first-order valence-electron chi connectivity index (χ1n) is 35.2. The molecule has 7 aliphatic rings. The van der Waals surface area contributed by atoms with Crippen LogP contribution in [0.5, 0.6) is 17.2 Å². The van der Waals surface area contributed by atoms with Gasteiger partial charge in [-0.3, -0.25) is 28.8 Å². The molecule has 30 nitrogen and oxygen atoms in total. The van der Waals surface area contributed by atoms with Crippen LogP contribution in [0.2, 0.25) is 0 Å². The first-order chi connectivity index (χ1) is 50.8. The minimum absolute atomic E-state index is 0.0106. The molecule has 0 saturated carbocycles. The van der Waals surface area contributed by atoms with E-state index in [0.717, 1.165) is 17.3 Å². The fourth-order valence-electron chi connectivity index (χ4n) is 14.0. The highest BCUT2D eigenvalue weighted by Gasteiger charge is 2.59. The Morgan fingerprint density at radius 1 is 0.879 bits per heavy atom. The SMILES string of the molecule is CCN(C(C)=O)[C@H]1CO[C@@H](OC2[C@H](O[C@@H]3C4=C(NC(=O)CO)C(=O)C[C@@]5(O)C#CC=CC3(CSSC(C)(C)CC(=O)NN=C(C)c3ccc(OCCCC(C)=O)cc3)C=C45)OC(C)[C@@H](NO[C@H]3C[C@@H](O)[C@H](SC(=O)c4c(C)c(I)c(O[C@@H]5OC(C)[C@H](O)[C@H](OC)C5O)c(CO)c4OC)C(C)O3)[C@H]2O)C[C@H]1OC. The summed E-state index contributed by atoms with van der Waals surface area (Å²) < 4.78 is 67.9. The van der Waals surface area contributed by atoms with E-state index in [1.54, 1.807) is 63.8 Å². The number of allylic oxidation sites excluding steroid dienone is 2. The van der Waals surface area contributed by atoms with Crippen molar-refractivity contribution in [2.45, 2.75) is 234 Å². The minimum Gasteiger partial charge on any atom is -0.495 e. The van der Waals surface area contributed by atoms with E-state index in [2.05, 4.69) is 33.2 Å². The molecule has 20 atom stereocenters. The van der Waals surface area contributed by atoms with Crippen molar-refractivity contribution in [1.29, 1.82) is 0 Å². The van der Waals surface area contributed by atoms with Gasteiger partial charge in [0.15, 0.2) is 30.3 Å². The van der Waals surface area contributed by atoms with Crippen molar-refractivity contribution in [3.63, 3.8) is 0 Å². The summed E-state index contributed by atoms with van der Waals surface area (Å²) in [6.45, 7) is 15.8. The number of carbonyl (C=O) groups is 6. The molecule has 34 heteroatoms. The van der Waals surface area contributed by atoms with Gasteiger partial charge in [0.1, 0.15) is 66.3 Å². The molecule has 3 amide bonds. The topological polar surface area (TPSA) is 406 Å². The third kappa shape index (κ3) is 19.8. The van der Waals surface area contributed by atoms with Crippen LogP contribution in [0.25, 0.3) is 0 Å². The standard InChI is InChI=1S/C73H98IN5O25S3/c1-14-79(41(8)83)46-33-97-52(27-49(46)93-11)101-65-60(89)57(78-104-53-26-47(84)66(40(7)98-53)106-68(91)54-36(3)56(74)63(44(31-80)62(54)94-12)102-69-61(90)64(95-13)59(88)39(6)100-69)38(5)99-70(65)103-67-55-45-28-72(67,23-15-16-24-73(45,92)29-48(85)58(55)75-51(87)32-81)34-105-107-71(9,10)30-50(86)77-76-37(4)42-19-21-43(22-20-42)96-25-17-18-35(2)82/h15,19-23,28,38-40,46-47,49,52-53,57,59-61,64-67,69-70,78,80-81,84,88-90,92H,14,17-18,25-27,29-34H2,1-13H3,(H,75,87)(H,77,86)/t38?,39?,40?,46-,47+,49+,52-,53-,57+,59-,60+,61?,64-,65?,66+,67+,69-,70-,72?,73-/m0/s1. The first kappa shape index (κ1) is 85.8. The summed E-state index contributed by atoms with van der Waals surface area (Å²) in [5, 5.41) is 85.4. The predicted octanol–water partition coefficient (Wildman–Crippen LogP) is 3.87. The number of hydrogen-bond donors (Lipinski definition) is 10. The third-order valence-corrected chi connectivity index (χ3v) is 25.8. The maximum atomic E-state index is 14.6. The van der Waals surface area contributed by atoms with Gasteiger partial charge in [-0.2, -0.15) is 10.6 Å². The highest BCUT2D eigenvalue weighted by molar-refractivity contribution is 14.1. The number of aliphatic hydroxyl groups excluding tert-OH is 6. The maximum absolute atomic E-state index is 14.6. The van der Waals surface area contributed by atoms with Crippen LogP contribution < -0.4 is 30.4 Å². The normalized spacial score (nSPS) is 32.1. The summed E-state index contributed by atoms with van der Waals surface area (Å²) in [7, 11) is 6.82. The van der Waals surface area contributed by atoms with Gasteiger partial charge >= 0.3 is 0 Å². The number of ether oxygens (including phenoxy) is 11. The Morgan fingerprint density at radius 2 is 1.60 bits per heavy atom. The van der Waals surface area contributed by atoms with E-state index in [1.165, 1.54) is 62.8 Å². The number of likely N-dealkylation sites (N-methyl/N-ethyl adjacent to an activating group) is 1. The van der Waals surface area contributed by atoms with Crippen LogP contribution in [0.15, 0.2) is 64.4 Å². The lowest BCUT2D eigenvalue weighted by Gasteiger charge is -2.48. The van der Waals surface area contributed by atoms with Crippen LogP contribution in [0.3, 0.4) is 0 Å². The molecule has 107 heavy (non-hydrogen) atoms. The zero-order valence-corrected chi connectivity index (χ0v) is 66.5. The number of aliphatic hydroxyl groups is 7. The van der Waals surface area contributed by atoms with E-state index in [9.17, 15) is 64.5 Å². The number of benzene rings is 2. The Hall–Kier alpha value is -5.19. The van der Waals surface area contributed by atoms with Gasteiger partial charge in [0, 0.05) is 80.4 Å². The molecule has 4 heterocycles. The van der Waals surface area contributed by atoms with Gasteiger partial charge in [-0.1, -0.05) is 57.3 Å². The smallest absolute Gasteiger partial charge is 0.250 e. The summed E-state index contributed by atoms with van der Waals surface area (Å²) >= 11 is 2.73. The number of hydrogen-bond acceptors (Lipinski definition) is 30. The van der Waals surface area contributed by atoms with E-state index in [-0.39, 0.29) is 88.7 Å². The van der Waals surface area contributed by atoms with Gasteiger partial charge < -0.3 is 103 Å². The number of thioether (sulfide) groups is 1. The molecule has 3 aliphatic carbocycles. The number of methoxy groups -OCH3 is 3. The molecule has 6 unspecified atom stereocenters. The van der Waals surface area contributed by atoms with Crippen LogP contribution >= 0.6 is 55.9 Å². The lowest BCUT2D eigenvalue weighted by Crippen LogP contribution is -2.65. The van der Waals surface area contributed by atoms with E-state index >= 15 is 0 Å². The van der Waals surface area contributed by atoms with E-state index in [4.69, 9.17) is 56.9 Å². The molecule has 0 radical (unpaired) electrons. The second kappa shape index (κ2) is 37.4. The summed E-state index contributed by atoms with van der Waals surface area (Å²) in [5.41, 5.74) is 3.70. The Bertz CT molecular complexity index is 3750. The second-order valence-corrected chi connectivity index (χ2v) is 33.1. The van der Waals surface area contributed by atoms with E-state index < -0.39 is 162 Å². The number of ketones is 2. The Kier molecular flexibility index (Phi) is 30.0. The molecule has 9 rings (SSSR count). The van der Waals surface area contributed by atoms with Crippen molar-refractivity contribution in [2.24, 2.45) is 10.5 Å². The second-order valence-electron chi connectivity index (χ2n) is 27.9. The molecule has 4 aliphatic heterocycles. The number of rotatable bonds is 32. The zero-order chi connectivity index (χ0) is 78.1. The van der Waals surface area contributed by atoms with Gasteiger partial charge in [-0.15, -0.1) is 0 Å². The number of Topliss-reactive ketones (excluding diaryl/α,β-unsaturated/α-hetero) is 2. The number of amides is 3. The summed E-state index contributed by atoms with van der Waals surface area (Å²) in [5.74, 6) is 4.26. The Labute approximate surface area is 647 Å². The van der Waals surface area contributed by atoms with Crippen LogP contribution in [-0.4, -0.2) is 254 Å². The van der Waals surface area contributed by atoms with Crippen LogP contribution in [0, 0.1) is 27.7 Å². The van der Waals surface area contributed by atoms with Crippen LogP contribution in [-0.2, 0) is 73.3 Å². The molecule has 2 aromatic rings. The highest BCUT2D eigenvalue weighted by Crippen LogP contribution is 2.56. The summed E-state index contributed by atoms with van der Waals surface area (Å²) in [6, 6.07) is 5.45. The highest BCUT2D eigenvalue weighted by atomic mass is 127. The average Bonchev–Trinajstić information content (AvgIpc) is 1.56. The molecule has 10 N–H and O–H groups in total. The van der Waals surface area contributed by atoms with Crippen molar-refractivity contribution in [3.8, 4) is 29.1 Å². The third-order valence-electron chi connectivity index (χ3n) is 19.7. The van der Waals surface area contributed by atoms with Crippen LogP contribution in [0.1, 0.15) is 128 Å². The number of hydrazone groups is 1. The van der Waals surface area contributed by atoms with Gasteiger partial charge in [0.2, 0.25) is 29.1 Å². The molecule has 4 saturated heterocycles. The van der Waals surface area contributed by atoms with Crippen molar-refractivity contribution < 1.29 is 121 Å². The van der Waals surface area contributed by atoms with Crippen molar-refractivity contribution >= 4 is 96.1 Å². The number of fused-ring (bicyclic) bond motifs is 1. The number of halogens is 1. The van der Waals surface area contributed by atoms with Gasteiger partial charge in [-0.05, 0) is 133 Å². The molecule has 4 fully saturated rings. The first-order valence-corrected chi connectivity index (χ1v) is 39.5. The lowest BCUT2D eigenvalue weighted by molar-refractivity contribution is -0.342. The average molecular weight is 1670 g/mol. The molecular formula is C73H98IN5O25S3. The fourth-order valence-corrected chi connectivity index (χ4v) is 18.9.